The number of hydrazine groups is 1. The highest BCUT2D eigenvalue weighted by molar-refractivity contribution is 6.28. The molecule has 0 radical (unpaired) electrons. The zero-order valence-electron chi connectivity index (χ0n) is 10.6. The average molecular weight is 255 g/mol. The summed E-state index contributed by atoms with van der Waals surface area (Å²) in [5, 5.41) is 2.56. The molecular weight excluding hydrogens is 236 g/mol. The highest BCUT2D eigenvalue weighted by Gasteiger charge is 2.24. The minimum absolute atomic E-state index is 0.296. The molecule has 2 rings (SSSR count). The average Bonchev–Trinajstić information content (AvgIpc) is 2.22. The van der Waals surface area contributed by atoms with Crippen LogP contribution in [0.25, 0.3) is 0 Å². The highest BCUT2D eigenvalue weighted by Crippen LogP contribution is 2.23. The molecule has 1 aromatic rings. The molecule has 1 fully saturated rings. The van der Waals surface area contributed by atoms with E-state index in [1.54, 1.807) is 0 Å². The summed E-state index contributed by atoms with van der Waals surface area (Å²) >= 11 is 5.86. The fourth-order valence-electron chi connectivity index (χ4n) is 2.36. The van der Waals surface area contributed by atoms with Crippen molar-refractivity contribution < 1.29 is 0 Å². The monoisotopic (exact) mass is 254 g/mol. The molecule has 2 atom stereocenters. The van der Waals surface area contributed by atoms with Gasteiger partial charge in [0.25, 0.3) is 0 Å². The van der Waals surface area contributed by atoms with Gasteiger partial charge in [0, 0.05) is 23.8 Å². The molecule has 4 nitrogen and oxygen atoms in total. The summed E-state index contributed by atoms with van der Waals surface area (Å²) in [4.78, 5) is 8.26. The summed E-state index contributed by atoms with van der Waals surface area (Å²) in [5.74, 6) is 0.781. The predicted molar refractivity (Wildman–Crippen MR) is 70.0 cm³/mol. The zero-order chi connectivity index (χ0) is 12.4. The van der Waals surface area contributed by atoms with E-state index < -0.39 is 0 Å². The molecule has 0 spiro atoms. The number of halogens is 1. The van der Waals surface area contributed by atoms with Gasteiger partial charge in [0.15, 0.2) is 0 Å². The summed E-state index contributed by atoms with van der Waals surface area (Å²) < 4.78 is 0. The van der Waals surface area contributed by atoms with Crippen LogP contribution in [0.4, 0.5) is 5.82 Å². The number of hydrogen-bond acceptors (Lipinski definition) is 4. The topological polar surface area (TPSA) is 41.0 Å². The van der Waals surface area contributed by atoms with Crippen LogP contribution in [0, 0.1) is 6.92 Å². The number of aryl methyl sites for hydroxylation is 1. The SMILES string of the molecule is Cc1cc(NN2C(C)CCCC2C)nc(Cl)n1. The summed E-state index contributed by atoms with van der Waals surface area (Å²) in [6.07, 6.45) is 3.73. The Hall–Kier alpha value is -0.870. The molecule has 94 valence electrons. The van der Waals surface area contributed by atoms with Crippen LogP contribution in [-0.2, 0) is 0 Å². The zero-order valence-corrected chi connectivity index (χ0v) is 11.3. The molecule has 1 aliphatic rings. The van der Waals surface area contributed by atoms with Gasteiger partial charge in [0.1, 0.15) is 5.82 Å². The Balaban J connectivity index is 2.13. The minimum Gasteiger partial charge on any atom is -0.302 e. The molecule has 1 aliphatic heterocycles. The van der Waals surface area contributed by atoms with Crippen LogP contribution < -0.4 is 5.43 Å². The maximum Gasteiger partial charge on any atom is 0.224 e. The Morgan fingerprint density at radius 1 is 1.29 bits per heavy atom. The van der Waals surface area contributed by atoms with Crippen molar-refractivity contribution in [1.29, 1.82) is 0 Å². The maximum atomic E-state index is 5.86. The molecule has 2 unspecified atom stereocenters. The van der Waals surface area contributed by atoms with Crippen LogP contribution in [0.2, 0.25) is 5.28 Å². The Labute approximate surface area is 107 Å². The van der Waals surface area contributed by atoms with Crippen LogP contribution in [0.1, 0.15) is 38.8 Å². The van der Waals surface area contributed by atoms with Crippen LogP contribution >= 0.6 is 11.6 Å². The van der Waals surface area contributed by atoms with Crippen molar-refractivity contribution in [2.45, 2.75) is 52.1 Å². The minimum atomic E-state index is 0.296. The Morgan fingerprint density at radius 2 is 1.94 bits per heavy atom. The number of anilines is 1. The Bertz CT molecular complexity index is 366. The summed E-state index contributed by atoms with van der Waals surface area (Å²) in [7, 11) is 0. The van der Waals surface area contributed by atoms with E-state index in [0.29, 0.717) is 17.4 Å². The first-order valence-electron chi connectivity index (χ1n) is 6.12. The van der Waals surface area contributed by atoms with E-state index in [-0.39, 0.29) is 0 Å². The standard InChI is InChI=1S/C12H19ClN4/c1-8-7-11(15-12(13)14-8)16-17-9(2)5-4-6-10(17)3/h7,9-10H,4-6H2,1-3H3,(H,14,15,16). The second-order valence-electron chi connectivity index (χ2n) is 4.81. The third-order valence-electron chi connectivity index (χ3n) is 3.26. The smallest absolute Gasteiger partial charge is 0.224 e. The summed E-state index contributed by atoms with van der Waals surface area (Å²) in [6, 6.07) is 2.96. The second kappa shape index (κ2) is 5.19. The number of hydrogen-bond donors (Lipinski definition) is 1. The van der Waals surface area contributed by atoms with Crippen molar-refractivity contribution in [2.75, 3.05) is 5.43 Å². The van der Waals surface area contributed by atoms with Crippen molar-refractivity contribution in [1.82, 2.24) is 15.0 Å². The van der Waals surface area contributed by atoms with Gasteiger partial charge < -0.3 is 5.43 Å². The normalized spacial score (nSPS) is 25.9. The van der Waals surface area contributed by atoms with Crippen molar-refractivity contribution >= 4 is 17.4 Å². The quantitative estimate of drug-likeness (QED) is 0.824. The van der Waals surface area contributed by atoms with Gasteiger partial charge in [-0.25, -0.2) is 9.99 Å². The van der Waals surface area contributed by atoms with Crippen molar-refractivity contribution in [3.05, 3.63) is 17.0 Å². The van der Waals surface area contributed by atoms with Gasteiger partial charge in [0.2, 0.25) is 5.28 Å². The van der Waals surface area contributed by atoms with E-state index in [1.807, 2.05) is 13.0 Å². The molecule has 2 heterocycles. The van der Waals surface area contributed by atoms with Gasteiger partial charge in [-0.15, -0.1) is 0 Å². The largest absolute Gasteiger partial charge is 0.302 e. The van der Waals surface area contributed by atoms with Crippen LogP contribution in [-0.4, -0.2) is 27.1 Å². The van der Waals surface area contributed by atoms with Crippen molar-refractivity contribution in [3.8, 4) is 0 Å². The number of nitrogens with one attached hydrogen (secondary N) is 1. The van der Waals surface area contributed by atoms with E-state index in [0.717, 1.165) is 11.5 Å². The maximum absolute atomic E-state index is 5.86. The fourth-order valence-corrected chi connectivity index (χ4v) is 2.59. The molecule has 1 aromatic heterocycles. The molecule has 0 aliphatic carbocycles. The molecule has 0 aromatic carbocycles. The van der Waals surface area contributed by atoms with Gasteiger partial charge in [-0.1, -0.05) is 6.42 Å². The first-order chi connectivity index (χ1) is 8.06. The molecule has 0 saturated carbocycles. The van der Waals surface area contributed by atoms with Crippen LogP contribution in [0.15, 0.2) is 6.07 Å². The molecule has 17 heavy (non-hydrogen) atoms. The molecule has 5 heteroatoms. The molecular formula is C12H19ClN4. The van der Waals surface area contributed by atoms with E-state index in [2.05, 4.69) is 34.3 Å². The summed E-state index contributed by atoms with van der Waals surface area (Å²) in [6.45, 7) is 6.39. The molecule has 1 N–H and O–H groups in total. The third-order valence-corrected chi connectivity index (χ3v) is 3.43. The van der Waals surface area contributed by atoms with Crippen molar-refractivity contribution in [3.63, 3.8) is 0 Å². The van der Waals surface area contributed by atoms with Crippen molar-refractivity contribution in [2.24, 2.45) is 0 Å². The first kappa shape index (κ1) is 12.6. The summed E-state index contributed by atoms with van der Waals surface area (Å²) in [5.41, 5.74) is 4.24. The van der Waals surface area contributed by atoms with Gasteiger partial charge in [-0.3, -0.25) is 0 Å². The number of aromatic nitrogens is 2. The van der Waals surface area contributed by atoms with Gasteiger partial charge in [0.05, 0.1) is 0 Å². The van der Waals surface area contributed by atoms with E-state index >= 15 is 0 Å². The number of rotatable bonds is 2. The van der Waals surface area contributed by atoms with Crippen LogP contribution in [0.3, 0.4) is 0 Å². The van der Waals surface area contributed by atoms with E-state index in [9.17, 15) is 0 Å². The number of piperidine rings is 1. The van der Waals surface area contributed by atoms with Gasteiger partial charge in [-0.05, 0) is 45.2 Å². The lowest BCUT2D eigenvalue weighted by atomic mass is 10.00. The molecule has 1 saturated heterocycles. The van der Waals surface area contributed by atoms with Crippen LogP contribution in [0.5, 0.6) is 0 Å². The lowest BCUT2D eigenvalue weighted by Crippen LogP contribution is -2.47. The molecule has 0 amide bonds. The third kappa shape index (κ3) is 3.07. The second-order valence-corrected chi connectivity index (χ2v) is 5.15. The fraction of sp³-hybridized carbons (Fsp3) is 0.667. The Morgan fingerprint density at radius 3 is 2.53 bits per heavy atom. The molecule has 0 bridgehead atoms. The number of nitrogens with zero attached hydrogens (tertiary/aromatic N) is 3. The Kier molecular flexibility index (Phi) is 3.84. The first-order valence-corrected chi connectivity index (χ1v) is 6.50. The van der Waals surface area contributed by atoms with E-state index in [1.165, 1.54) is 19.3 Å². The lowest BCUT2D eigenvalue weighted by Gasteiger charge is -2.39. The van der Waals surface area contributed by atoms with Gasteiger partial charge in [-0.2, -0.15) is 4.98 Å². The highest BCUT2D eigenvalue weighted by atomic mass is 35.5. The lowest BCUT2D eigenvalue weighted by molar-refractivity contribution is 0.135. The van der Waals surface area contributed by atoms with E-state index in [4.69, 9.17) is 11.6 Å². The van der Waals surface area contributed by atoms with Gasteiger partial charge >= 0.3 is 0 Å². The predicted octanol–water partition coefficient (Wildman–Crippen LogP) is 3.03.